The van der Waals surface area contributed by atoms with Gasteiger partial charge in [0, 0.05) is 61.3 Å². The van der Waals surface area contributed by atoms with Crippen molar-refractivity contribution in [2.24, 2.45) is 21.1 Å². The Labute approximate surface area is 292 Å². The number of nitrogen functional groups attached to an aromatic ring is 1. The topological polar surface area (TPSA) is 154 Å². The third-order valence-electron chi connectivity index (χ3n) is 9.99. The number of nitrogens with one attached hydrogen (secondary N) is 1. The molecule has 2 fully saturated rings. The molecule has 2 amide bonds. The summed E-state index contributed by atoms with van der Waals surface area (Å²) in [4.78, 5) is 41.1. The van der Waals surface area contributed by atoms with Crippen LogP contribution in [-0.4, -0.2) is 92.9 Å². The number of aliphatic imine (C=N–C) groups is 2. The van der Waals surface area contributed by atoms with Crippen LogP contribution in [0.1, 0.15) is 47.1 Å². The predicted molar refractivity (Wildman–Crippen MR) is 199 cm³/mol. The van der Waals surface area contributed by atoms with E-state index in [0.717, 1.165) is 17.5 Å². The maximum atomic E-state index is 14.0. The molecule has 11 nitrogen and oxygen atoms in total. The summed E-state index contributed by atoms with van der Waals surface area (Å²) in [6, 6.07) is 18.6. The van der Waals surface area contributed by atoms with E-state index < -0.39 is 5.41 Å². The van der Waals surface area contributed by atoms with Gasteiger partial charge in [-0.3, -0.25) is 24.9 Å². The Balaban J connectivity index is 1.07. The highest BCUT2D eigenvalue weighted by Crippen LogP contribution is 2.43. The van der Waals surface area contributed by atoms with Gasteiger partial charge in [-0.15, -0.1) is 6.42 Å². The van der Waals surface area contributed by atoms with Crippen LogP contribution in [-0.2, 0) is 9.59 Å². The average Bonchev–Trinajstić information content (AvgIpc) is 3.71. The van der Waals surface area contributed by atoms with Crippen molar-refractivity contribution in [3.8, 4) is 18.1 Å². The van der Waals surface area contributed by atoms with Crippen LogP contribution >= 0.6 is 0 Å². The molecule has 50 heavy (non-hydrogen) atoms. The van der Waals surface area contributed by atoms with E-state index in [-0.39, 0.29) is 24.1 Å². The monoisotopic (exact) mass is 670 g/mol. The summed E-state index contributed by atoms with van der Waals surface area (Å²) in [6.07, 6.45) is 11.3. The maximum absolute atomic E-state index is 14.0. The average molecular weight is 671 g/mol. The lowest BCUT2D eigenvalue weighted by Gasteiger charge is -2.29. The number of amidine groups is 1. The summed E-state index contributed by atoms with van der Waals surface area (Å²) in [7, 11) is 3.18. The van der Waals surface area contributed by atoms with Crippen LogP contribution in [0.5, 0.6) is 5.75 Å². The van der Waals surface area contributed by atoms with Gasteiger partial charge in [0.2, 0.25) is 11.8 Å². The second-order valence-corrected chi connectivity index (χ2v) is 12.9. The maximum Gasteiger partial charge on any atom is 0.237 e. The molecule has 0 aliphatic carbocycles. The number of terminal acetylenes is 1. The number of carbonyl (C=O) groups excluding carboxylic acids is 2. The molecule has 3 heterocycles. The van der Waals surface area contributed by atoms with Gasteiger partial charge in [0.15, 0.2) is 0 Å². The smallest absolute Gasteiger partial charge is 0.237 e. The van der Waals surface area contributed by atoms with Gasteiger partial charge in [-0.2, -0.15) is 0 Å². The molecule has 3 aliphatic rings. The lowest BCUT2D eigenvalue weighted by atomic mass is 9.85. The van der Waals surface area contributed by atoms with Crippen molar-refractivity contribution < 1.29 is 14.3 Å². The Morgan fingerprint density at radius 2 is 1.84 bits per heavy atom. The number of nitrogens with two attached hydrogens (primary N) is 2. The van der Waals surface area contributed by atoms with Crippen molar-refractivity contribution in [3.63, 3.8) is 0 Å². The number of ether oxygens (including phenoxy) is 1. The second kappa shape index (κ2) is 14.4. The minimum atomic E-state index is -0.535. The fraction of sp³-hybridized carbons (Fsp3) is 0.308. The molecule has 3 aliphatic heterocycles. The number of methoxy groups -OCH3 is 1. The van der Waals surface area contributed by atoms with Gasteiger partial charge >= 0.3 is 0 Å². The van der Waals surface area contributed by atoms with Crippen molar-refractivity contribution in [2.75, 3.05) is 64.1 Å². The standard InChI is InChI=1S/C39H42N8O3/c1-4-26-5-10-30(21-34(26)50-3)36(41)32-22-31(11-12-33(32)40)47-20-16-39(38(47)49)15-19-45(24-39)23-35(48)46-17-13-28(14-18-46)27-6-8-29(9-7-27)37(42)44-25-43-2/h1,5-13,21-22,25,41H,14-20,23-24,40H2,2-3H3,(H2,42,43,44)/t39-/m0/s1. The fourth-order valence-electron chi connectivity index (χ4n) is 7.09. The molecular weight excluding hydrogens is 628 g/mol. The highest BCUT2D eigenvalue weighted by atomic mass is 16.5. The lowest BCUT2D eigenvalue weighted by molar-refractivity contribution is -0.132. The van der Waals surface area contributed by atoms with Crippen molar-refractivity contribution in [1.82, 2.24) is 9.80 Å². The molecular formula is C39H42N8O3. The Morgan fingerprint density at radius 1 is 1.08 bits per heavy atom. The van der Waals surface area contributed by atoms with Crippen molar-refractivity contribution >= 4 is 46.6 Å². The van der Waals surface area contributed by atoms with Crippen molar-refractivity contribution in [1.29, 1.82) is 5.41 Å². The normalized spacial score (nSPS) is 19.7. The molecule has 0 radical (unpaired) electrons. The van der Waals surface area contributed by atoms with Crippen LogP contribution in [0.15, 0.2) is 76.7 Å². The zero-order valence-corrected chi connectivity index (χ0v) is 28.5. The minimum Gasteiger partial charge on any atom is -0.495 e. The highest BCUT2D eigenvalue weighted by Gasteiger charge is 2.51. The van der Waals surface area contributed by atoms with E-state index in [2.05, 4.69) is 26.9 Å². The molecule has 6 rings (SSSR count). The molecule has 3 aromatic rings. The number of anilines is 2. The van der Waals surface area contributed by atoms with Crippen molar-refractivity contribution in [2.45, 2.75) is 19.3 Å². The highest BCUT2D eigenvalue weighted by molar-refractivity contribution is 6.15. The Kier molecular flexibility index (Phi) is 9.83. The summed E-state index contributed by atoms with van der Waals surface area (Å²) in [6.45, 7) is 3.28. The molecule has 11 heteroatoms. The Bertz CT molecular complexity index is 1960. The van der Waals surface area contributed by atoms with Crippen LogP contribution in [0.2, 0.25) is 0 Å². The van der Waals surface area contributed by atoms with Gasteiger partial charge in [0.25, 0.3) is 0 Å². The van der Waals surface area contributed by atoms with Gasteiger partial charge in [0.05, 0.1) is 30.3 Å². The molecule has 2 saturated heterocycles. The molecule has 3 aromatic carbocycles. The van der Waals surface area contributed by atoms with Crippen LogP contribution in [0, 0.1) is 23.2 Å². The lowest BCUT2D eigenvalue weighted by Crippen LogP contribution is -2.43. The molecule has 0 saturated carbocycles. The van der Waals surface area contributed by atoms with E-state index in [1.807, 2.05) is 41.3 Å². The minimum absolute atomic E-state index is 0.0535. The summed E-state index contributed by atoms with van der Waals surface area (Å²) in [5.74, 6) is 3.63. The number of benzene rings is 3. The Hall–Kier alpha value is -5.73. The largest absolute Gasteiger partial charge is 0.495 e. The number of carbonyl (C=O) groups is 2. The first-order valence-corrected chi connectivity index (χ1v) is 16.7. The van der Waals surface area contributed by atoms with E-state index in [4.69, 9.17) is 28.0 Å². The zero-order chi connectivity index (χ0) is 35.4. The summed E-state index contributed by atoms with van der Waals surface area (Å²) < 4.78 is 5.41. The van der Waals surface area contributed by atoms with Crippen LogP contribution in [0.3, 0.4) is 0 Å². The molecule has 5 N–H and O–H groups in total. The van der Waals surface area contributed by atoms with Crippen LogP contribution in [0.25, 0.3) is 5.57 Å². The van der Waals surface area contributed by atoms with Gasteiger partial charge < -0.3 is 26.0 Å². The van der Waals surface area contributed by atoms with E-state index >= 15 is 0 Å². The number of amides is 2. The quantitative estimate of drug-likeness (QED) is 0.136. The zero-order valence-electron chi connectivity index (χ0n) is 28.5. The molecule has 1 atom stereocenters. The molecule has 256 valence electrons. The first kappa shape index (κ1) is 34.1. The third kappa shape index (κ3) is 6.75. The van der Waals surface area contributed by atoms with Gasteiger partial charge in [-0.05, 0) is 67.3 Å². The third-order valence-corrected chi connectivity index (χ3v) is 9.99. The first-order chi connectivity index (χ1) is 24.2. The number of rotatable bonds is 9. The SMILES string of the molecule is C#Cc1ccc(C(=N)c2cc(N3CC[C@]4(CCN(CC(=O)N5CC=C(c6ccc(C(N)=NC=NC)cc6)CC5)C4)C3=O)ccc2N)cc1OC. The molecule has 0 bridgehead atoms. The first-order valence-electron chi connectivity index (χ1n) is 16.7. The van der Waals surface area contributed by atoms with E-state index in [1.54, 1.807) is 36.2 Å². The fourth-order valence-corrected chi connectivity index (χ4v) is 7.09. The van der Waals surface area contributed by atoms with Gasteiger partial charge in [-0.1, -0.05) is 42.3 Å². The summed E-state index contributed by atoms with van der Waals surface area (Å²) in [5.41, 5.74) is 18.0. The number of hydrogen-bond donors (Lipinski definition) is 3. The van der Waals surface area contributed by atoms with E-state index in [0.29, 0.717) is 85.2 Å². The van der Waals surface area contributed by atoms with Gasteiger partial charge in [0.1, 0.15) is 17.9 Å². The van der Waals surface area contributed by atoms with E-state index in [9.17, 15) is 9.59 Å². The Morgan fingerprint density at radius 3 is 2.54 bits per heavy atom. The molecule has 0 unspecified atom stereocenters. The summed E-state index contributed by atoms with van der Waals surface area (Å²) in [5, 5.41) is 8.91. The predicted octanol–water partition coefficient (Wildman–Crippen LogP) is 3.78. The molecule has 1 spiro atoms. The van der Waals surface area contributed by atoms with Gasteiger partial charge in [-0.25, -0.2) is 4.99 Å². The number of hydrogen-bond acceptors (Lipinski definition) is 7. The second-order valence-electron chi connectivity index (χ2n) is 12.9. The molecule has 0 aromatic heterocycles. The van der Waals surface area contributed by atoms with Crippen molar-refractivity contribution in [3.05, 3.63) is 94.6 Å². The van der Waals surface area contributed by atoms with Crippen LogP contribution < -0.4 is 21.1 Å². The van der Waals surface area contributed by atoms with Crippen LogP contribution in [0.4, 0.5) is 11.4 Å². The van der Waals surface area contributed by atoms with E-state index in [1.165, 1.54) is 19.0 Å². The number of nitrogens with zero attached hydrogens (tertiary/aromatic N) is 5. The summed E-state index contributed by atoms with van der Waals surface area (Å²) >= 11 is 0. The number of likely N-dealkylation sites (tertiary alicyclic amines) is 1.